The Labute approximate surface area is 129 Å². The van der Waals surface area contributed by atoms with Crippen molar-refractivity contribution in [2.45, 2.75) is 65.6 Å². The molecular formula is C17H32N4. The topological polar surface area (TPSA) is 33.1 Å². The highest BCUT2D eigenvalue weighted by Gasteiger charge is 2.28. The Hall–Kier alpha value is -0.870. The number of rotatable bonds is 6. The van der Waals surface area contributed by atoms with Crippen LogP contribution in [0.25, 0.3) is 0 Å². The summed E-state index contributed by atoms with van der Waals surface area (Å²) in [6.45, 7) is 12.3. The summed E-state index contributed by atoms with van der Waals surface area (Å²) in [4.78, 5) is 2.67. The van der Waals surface area contributed by atoms with E-state index in [0.717, 1.165) is 31.2 Å². The van der Waals surface area contributed by atoms with Crippen molar-refractivity contribution in [2.75, 3.05) is 13.1 Å². The van der Waals surface area contributed by atoms with Crippen LogP contribution in [0.4, 0.5) is 0 Å². The van der Waals surface area contributed by atoms with E-state index in [1.54, 1.807) is 0 Å². The number of nitrogens with zero attached hydrogens (tertiary/aromatic N) is 3. The van der Waals surface area contributed by atoms with Gasteiger partial charge in [0.15, 0.2) is 0 Å². The number of piperazine rings is 1. The fourth-order valence-corrected chi connectivity index (χ4v) is 3.49. The maximum absolute atomic E-state index is 4.49. The number of hydrogen-bond donors (Lipinski definition) is 1. The van der Waals surface area contributed by atoms with Crippen LogP contribution in [-0.4, -0.2) is 39.9 Å². The lowest BCUT2D eigenvalue weighted by Gasteiger charge is -2.41. The smallest absolute Gasteiger partial charge is 0.0597 e. The van der Waals surface area contributed by atoms with Crippen LogP contribution in [0.1, 0.15) is 51.4 Å². The van der Waals surface area contributed by atoms with E-state index in [2.05, 4.69) is 56.1 Å². The molecule has 1 N–H and O–H groups in total. The third-order valence-electron chi connectivity index (χ3n) is 4.46. The molecule has 2 heterocycles. The van der Waals surface area contributed by atoms with Gasteiger partial charge in [0, 0.05) is 38.8 Å². The first kappa shape index (κ1) is 16.5. The summed E-state index contributed by atoms with van der Waals surface area (Å²) in [5, 5.41) is 8.25. The van der Waals surface area contributed by atoms with Crippen molar-refractivity contribution in [3.05, 3.63) is 17.5 Å². The molecule has 0 aliphatic carbocycles. The molecule has 2 atom stereocenters. The minimum Gasteiger partial charge on any atom is -0.311 e. The van der Waals surface area contributed by atoms with Crippen molar-refractivity contribution in [3.8, 4) is 0 Å². The zero-order valence-corrected chi connectivity index (χ0v) is 14.4. The van der Waals surface area contributed by atoms with E-state index in [9.17, 15) is 0 Å². The minimum atomic E-state index is 0.632. The molecule has 0 aromatic carbocycles. The van der Waals surface area contributed by atoms with E-state index >= 15 is 0 Å². The zero-order valence-electron chi connectivity index (χ0n) is 14.4. The third kappa shape index (κ3) is 4.55. The molecule has 0 spiro atoms. The molecular weight excluding hydrogens is 260 g/mol. The van der Waals surface area contributed by atoms with Gasteiger partial charge in [-0.05, 0) is 31.7 Å². The highest BCUT2D eigenvalue weighted by molar-refractivity contribution is 5.09. The Morgan fingerprint density at radius 2 is 2.19 bits per heavy atom. The van der Waals surface area contributed by atoms with Gasteiger partial charge in [-0.25, -0.2) is 0 Å². The normalized spacial score (nSPS) is 23.9. The van der Waals surface area contributed by atoms with Gasteiger partial charge < -0.3 is 5.32 Å². The third-order valence-corrected chi connectivity index (χ3v) is 4.46. The van der Waals surface area contributed by atoms with Crippen LogP contribution in [0.15, 0.2) is 6.07 Å². The van der Waals surface area contributed by atoms with E-state index in [1.807, 2.05) is 4.68 Å². The lowest BCUT2D eigenvalue weighted by Crippen LogP contribution is -2.56. The number of nitrogens with one attached hydrogen (secondary N) is 1. The molecule has 0 bridgehead atoms. The standard InChI is InChI=1S/C17H32N4/c1-6-7-16-10-18-15(8-13(2)3)11-21(16)12-17-9-14(4)19-20(17)5/h9,13,15-16,18H,6-8,10-12H2,1-5H3. The lowest BCUT2D eigenvalue weighted by molar-refractivity contribution is 0.105. The number of aryl methyl sites for hydroxylation is 2. The van der Waals surface area contributed by atoms with Gasteiger partial charge >= 0.3 is 0 Å². The highest BCUT2D eigenvalue weighted by atomic mass is 15.3. The molecule has 0 radical (unpaired) electrons. The summed E-state index contributed by atoms with van der Waals surface area (Å²) in [6.07, 6.45) is 3.79. The Morgan fingerprint density at radius 3 is 2.76 bits per heavy atom. The van der Waals surface area contributed by atoms with Crippen molar-refractivity contribution in [2.24, 2.45) is 13.0 Å². The quantitative estimate of drug-likeness (QED) is 0.875. The van der Waals surface area contributed by atoms with Crippen molar-refractivity contribution in [1.82, 2.24) is 20.0 Å². The molecule has 4 nitrogen and oxygen atoms in total. The molecule has 120 valence electrons. The minimum absolute atomic E-state index is 0.632. The van der Waals surface area contributed by atoms with Gasteiger partial charge in [0.25, 0.3) is 0 Å². The molecule has 2 unspecified atom stereocenters. The van der Waals surface area contributed by atoms with Crippen LogP contribution < -0.4 is 5.32 Å². The van der Waals surface area contributed by atoms with Gasteiger partial charge in [0.05, 0.1) is 11.4 Å². The summed E-state index contributed by atoms with van der Waals surface area (Å²) in [7, 11) is 2.06. The first-order valence-corrected chi connectivity index (χ1v) is 8.46. The fourth-order valence-electron chi connectivity index (χ4n) is 3.49. The number of hydrogen-bond acceptors (Lipinski definition) is 3. The van der Waals surface area contributed by atoms with Gasteiger partial charge in [0.1, 0.15) is 0 Å². The summed E-state index contributed by atoms with van der Waals surface area (Å²) in [5.41, 5.74) is 2.45. The van der Waals surface area contributed by atoms with Crippen LogP contribution >= 0.6 is 0 Å². The van der Waals surface area contributed by atoms with Crippen molar-refractivity contribution < 1.29 is 0 Å². The summed E-state index contributed by atoms with van der Waals surface area (Å²) < 4.78 is 2.04. The first-order chi connectivity index (χ1) is 9.99. The number of aromatic nitrogens is 2. The van der Waals surface area contributed by atoms with Gasteiger partial charge in [-0.1, -0.05) is 27.2 Å². The summed E-state index contributed by atoms with van der Waals surface area (Å²) >= 11 is 0. The van der Waals surface area contributed by atoms with Crippen LogP contribution in [0.3, 0.4) is 0 Å². The molecule has 2 rings (SSSR count). The van der Waals surface area contributed by atoms with E-state index in [4.69, 9.17) is 0 Å². The van der Waals surface area contributed by atoms with Crippen LogP contribution in [0.2, 0.25) is 0 Å². The van der Waals surface area contributed by atoms with Gasteiger partial charge in [-0.2, -0.15) is 5.10 Å². The molecule has 1 saturated heterocycles. The van der Waals surface area contributed by atoms with Gasteiger partial charge in [0.2, 0.25) is 0 Å². The summed E-state index contributed by atoms with van der Waals surface area (Å²) in [6, 6.07) is 3.52. The van der Waals surface area contributed by atoms with Crippen molar-refractivity contribution >= 4 is 0 Å². The molecule has 1 aliphatic rings. The first-order valence-electron chi connectivity index (χ1n) is 8.46. The molecule has 1 aromatic rings. The molecule has 4 heteroatoms. The maximum Gasteiger partial charge on any atom is 0.0597 e. The fraction of sp³-hybridized carbons (Fsp3) is 0.824. The Morgan fingerprint density at radius 1 is 1.43 bits per heavy atom. The van der Waals surface area contributed by atoms with Crippen LogP contribution in [0, 0.1) is 12.8 Å². The molecule has 0 amide bonds. The Bertz CT molecular complexity index is 438. The second-order valence-electron chi connectivity index (χ2n) is 7.01. The van der Waals surface area contributed by atoms with Crippen molar-refractivity contribution in [1.29, 1.82) is 0 Å². The predicted octanol–water partition coefficient (Wildman–Crippen LogP) is 2.72. The van der Waals surface area contributed by atoms with E-state index in [0.29, 0.717) is 12.1 Å². The lowest BCUT2D eigenvalue weighted by atomic mass is 9.98. The average molecular weight is 292 g/mol. The maximum atomic E-state index is 4.49. The molecule has 1 aromatic heterocycles. The zero-order chi connectivity index (χ0) is 15.4. The summed E-state index contributed by atoms with van der Waals surface area (Å²) in [5.74, 6) is 0.756. The average Bonchev–Trinajstić information content (AvgIpc) is 2.70. The second kappa shape index (κ2) is 7.41. The van der Waals surface area contributed by atoms with Crippen LogP contribution in [-0.2, 0) is 13.6 Å². The molecule has 0 saturated carbocycles. The monoisotopic (exact) mass is 292 g/mol. The molecule has 1 fully saturated rings. The highest BCUT2D eigenvalue weighted by Crippen LogP contribution is 2.19. The van der Waals surface area contributed by atoms with Gasteiger partial charge in [-0.3, -0.25) is 9.58 Å². The van der Waals surface area contributed by atoms with E-state index in [-0.39, 0.29) is 0 Å². The molecule has 1 aliphatic heterocycles. The largest absolute Gasteiger partial charge is 0.311 e. The second-order valence-corrected chi connectivity index (χ2v) is 7.01. The van der Waals surface area contributed by atoms with Gasteiger partial charge in [-0.15, -0.1) is 0 Å². The van der Waals surface area contributed by atoms with Crippen LogP contribution in [0.5, 0.6) is 0 Å². The molecule has 21 heavy (non-hydrogen) atoms. The predicted molar refractivity (Wildman–Crippen MR) is 88.3 cm³/mol. The SMILES string of the molecule is CCCC1CNC(CC(C)C)CN1Cc1cc(C)nn1C. The Kier molecular flexibility index (Phi) is 5.82. The van der Waals surface area contributed by atoms with Crippen molar-refractivity contribution in [3.63, 3.8) is 0 Å². The van der Waals surface area contributed by atoms with E-state index < -0.39 is 0 Å². The Balaban J connectivity index is 2.04. The van der Waals surface area contributed by atoms with E-state index in [1.165, 1.54) is 25.0 Å².